The van der Waals surface area contributed by atoms with Crippen LogP contribution in [0.5, 0.6) is 0 Å². The number of alkyl halides is 3. The van der Waals surface area contributed by atoms with Crippen molar-refractivity contribution >= 4 is 30.5 Å². The minimum Gasteiger partial charge on any atom is -0.380 e. The molecule has 1 rings (SSSR count). The molecule has 3 nitrogen and oxygen atoms in total. The van der Waals surface area contributed by atoms with Crippen molar-refractivity contribution in [1.29, 1.82) is 0 Å². The number of aldehydes is 1. The first-order valence-corrected chi connectivity index (χ1v) is 7.75. The van der Waals surface area contributed by atoms with Gasteiger partial charge in [0.2, 0.25) is 0 Å². The van der Waals surface area contributed by atoms with Gasteiger partial charge in [-0.1, -0.05) is 23.7 Å². The molecule has 0 aromatic heterocycles. The van der Waals surface area contributed by atoms with Crippen LogP contribution < -0.4 is 5.73 Å². The zero-order valence-electron chi connectivity index (χ0n) is 13.3. The lowest BCUT2D eigenvalue weighted by Crippen LogP contribution is -2.28. The Morgan fingerprint density at radius 3 is 2.33 bits per heavy atom. The Morgan fingerprint density at radius 1 is 1.38 bits per heavy atom. The average molecular weight is 381 g/mol. The van der Waals surface area contributed by atoms with Gasteiger partial charge in [-0.05, 0) is 36.8 Å². The molecular weight excluding hydrogens is 361 g/mol. The van der Waals surface area contributed by atoms with Crippen LogP contribution in [0.25, 0.3) is 0 Å². The van der Waals surface area contributed by atoms with Crippen LogP contribution in [-0.4, -0.2) is 31.0 Å². The summed E-state index contributed by atoms with van der Waals surface area (Å²) in [5, 5.41) is 0.387. The van der Waals surface area contributed by atoms with Crippen molar-refractivity contribution in [2.24, 2.45) is 5.73 Å². The topological polar surface area (TPSA) is 46.3 Å². The molecule has 0 bridgehead atoms. The number of thiol groups is 1. The van der Waals surface area contributed by atoms with Gasteiger partial charge in [0.1, 0.15) is 12.3 Å². The van der Waals surface area contributed by atoms with E-state index in [2.05, 4.69) is 12.6 Å². The van der Waals surface area contributed by atoms with Gasteiger partial charge in [0.05, 0.1) is 0 Å². The van der Waals surface area contributed by atoms with Crippen molar-refractivity contribution < 1.29 is 18.0 Å². The van der Waals surface area contributed by atoms with Gasteiger partial charge in [-0.3, -0.25) is 4.79 Å². The molecule has 2 N–H and O–H groups in total. The zero-order valence-corrected chi connectivity index (χ0v) is 14.9. The number of nitrogens with zero attached hydrogens (tertiary/aromatic N) is 1. The first-order chi connectivity index (χ1) is 11.1. The van der Waals surface area contributed by atoms with Crippen molar-refractivity contribution in [2.75, 3.05) is 13.6 Å². The van der Waals surface area contributed by atoms with E-state index in [1.165, 1.54) is 30.3 Å². The van der Waals surface area contributed by atoms with Crippen LogP contribution in [0, 0.1) is 0 Å². The first-order valence-electron chi connectivity index (χ1n) is 6.92. The third kappa shape index (κ3) is 9.64. The summed E-state index contributed by atoms with van der Waals surface area (Å²) >= 11 is 9.64. The minimum atomic E-state index is -4.41. The fourth-order valence-electron chi connectivity index (χ4n) is 1.36. The highest BCUT2D eigenvalue weighted by atomic mass is 35.5. The Bertz CT molecular complexity index is 559. The van der Waals surface area contributed by atoms with Crippen LogP contribution in [0.2, 0.25) is 5.02 Å². The predicted molar refractivity (Wildman–Crippen MR) is 95.0 cm³/mol. The SMILES string of the molecule is CCN(C)/C=C(S)\C=C/C=O.N[C@H](c1ccc(Cl)cc1)C(F)(F)F. The largest absolute Gasteiger partial charge is 0.407 e. The Hall–Kier alpha value is -1.44. The second-order valence-corrected chi connectivity index (χ2v) is 5.65. The van der Waals surface area contributed by atoms with E-state index >= 15 is 0 Å². The van der Waals surface area contributed by atoms with Crippen molar-refractivity contribution in [1.82, 2.24) is 4.90 Å². The number of carbonyl (C=O) groups excluding carboxylic acids is 1. The van der Waals surface area contributed by atoms with Crippen molar-refractivity contribution in [3.8, 4) is 0 Å². The van der Waals surface area contributed by atoms with Crippen LogP contribution in [-0.2, 0) is 4.79 Å². The lowest BCUT2D eigenvalue weighted by molar-refractivity contribution is -0.149. The molecular formula is C16H20ClF3N2OS. The number of carbonyl (C=O) groups is 1. The molecule has 0 aliphatic rings. The third-order valence-electron chi connectivity index (χ3n) is 2.78. The van der Waals surface area contributed by atoms with E-state index in [1.807, 2.05) is 25.1 Å². The van der Waals surface area contributed by atoms with E-state index < -0.39 is 12.2 Å². The highest BCUT2D eigenvalue weighted by molar-refractivity contribution is 7.84. The van der Waals surface area contributed by atoms with E-state index in [0.29, 0.717) is 5.02 Å². The summed E-state index contributed by atoms with van der Waals surface area (Å²) in [6.07, 6.45) is 1.26. The molecule has 0 aliphatic heterocycles. The smallest absolute Gasteiger partial charge is 0.380 e. The lowest BCUT2D eigenvalue weighted by Gasteiger charge is -2.15. The van der Waals surface area contributed by atoms with Gasteiger partial charge in [0.15, 0.2) is 0 Å². The maximum Gasteiger partial charge on any atom is 0.407 e. The first kappa shape index (κ1) is 22.6. The molecule has 0 fully saturated rings. The average Bonchev–Trinajstić information content (AvgIpc) is 2.52. The van der Waals surface area contributed by atoms with Gasteiger partial charge in [0.25, 0.3) is 0 Å². The van der Waals surface area contributed by atoms with E-state index in [9.17, 15) is 18.0 Å². The highest BCUT2D eigenvalue weighted by Crippen LogP contribution is 2.30. The lowest BCUT2D eigenvalue weighted by atomic mass is 10.1. The van der Waals surface area contributed by atoms with Crippen LogP contribution in [0.3, 0.4) is 0 Å². The molecule has 0 heterocycles. The van der Waals surface area contributed by atoms with E-state index in [1.54, 1.807) is 6.08 Å². The molecule has 24 heavy (non-hydrogen) atoms. The van der Waals surface area contributed by atoms with Crippen LogP contribution >= 0.6 is 24.2 Å². The van der Waals surface area contributed by atoms with E-state index in [4.69, 9.17) is 17.3 Å². The summed E-state index contributed by atoms with van der Waals surface area (Å²) in [6.45, 7) is 2.97. The molecule has 1 aromatic carbocycles. The van der Waals surface area contributed by atoms with Crippen LogP contribution in [0.15, 0.2) is 47.5 Å². The number of nitrogens with two attached hydrogens (primary N) is 1. The number of hydrogen-bond acceptors (Lipinski definition) is 4. The van der Waals surface area contributed by atoms with Gasteiger partial charge in [0, 0.05) is 29.7 Å². The van der Waals surface area contributed by atoms with E-state index in [0.717, 1.165) is 17.7 Å². The minimum absolute atomic E-state index is 0.0110. The number of halogens is 4. The Balaban J connectivity index is 0.000000449. The molecule has 0 saturated carbocycles. The van der Waals surface area contributed by atoms with Gasteiger partial charge in [-0.25, -0.2) is 0 Å². The fourth-order valence-corrected chi connectivity index (χ4v) is 1.77. The van der Waals surface area contributed by atoms with Crippen LogP contribution in [0.1, 0.15) is 18.5 Å². The van der Waals surface area contributed by atoms with Crippen molar-refractivity contribution in [2.45, 2.75) is 19.1 Å². The molecule has 0 amide bonds. The highest BCUT2D eigenvalue weighted by Gasteiger charge is 2.37. The van der Waals surface area contributed by atoms with Gasteiger partial charge < -0.3 is 10.6 Å². The predicted octanol–water partition coefficient (Wildman–Crippen LogP) is 4.37. The molecule has 1 atom stereocenters. The zero-order chi connectivity index (χ0) is 18.8. The molecule has 8 heteroatoms. The monoisotopic (exact) mass is 380 g/mol. The maximum atomic E-state index is 12.1. The van der Waals surface area contributed by atoms with Crippen molar-refractivity contribution in [3.05, 3.63) is 58.1 Å². The summed E-state index contributed by atoms with van der Waals surface area (Å²) < 4.78 is 36.2. The summed E-state index contributed by atoms with van der Waals surface area (Å²) in [5.41, 5.74) is 4.97. The molecule has 134 valence electrons. The molecule has 0 saturated heterocycles. The summed E-state index contributed by atoms with van der Waals surface area (Å²) in [6, 6.07) is 3.34. The Morgan fingerprint density at radius 2 is 1.92 bits per heavy atom. The van der Waals surface area contributed by atoms with Gasteiger partial charge in [-0.2, -0.15) is 13.2 Å². The van der Waals surface area contributed by atoms with Crippen molar-refractivity contribution in [3.63, 3.8) is 0 Å². The second-order valence-electron chi connectivity index (χ2n) is 4.69. The fraction of sp³-hybridized carbons (Fsp3) is 0.312. The number of allylic oxidation sites excluding steroid dienone is 2. The molecule has 0 radical (unpaired) electrons. The Labute approximate surface area is 150 Å². The van der Waals surface area contributed by atoms with Crippen LogP contribution in [0.4, 0.5) is 13.2 Å². The van der Waals surface area contributed by atoms with Gasteiger partial charge in [-0.15, -0.1) is 12.6 Å². The number of hydrogen-bond donors (Lipinski definition) is 2. The second kappa shape index (κ2) is 11.2. The summed E-state index contributed by atoms with van der Waals surface area (Å²) in [5.74, 6) is 0. The third-order valence-corrected chi connectivity index (χ3v) is 3.30. The normalized spacial score (nSPS) is 13.2. The quantitative estimate of drug-likeness (QED) is 0.345. The van der Waals surface area contributed by atoms with E-state index in [-0.39, 0.29) is 5.56 Å². The molecule has 1 aromatic rings. The number of benzene rings is 1. The molecule has 0 spiro atoms. The van der Waals surface area contributed by atoms with Gasteiger partial charge >= 0.3 is 6.18 Å². The maximum absolute atomic E-state index is 12.1. The number of rotatable bonds is 5. The molecule has 0 unspecified atom stereocenters. The standard InChI is InChI=1S/C8H7ClF3N.C8H13NOS/c9-6-3-1-5(2-4-6)7(13)8(10,11)12;1-3-9(2)7-8(11)5-4-6-10/h1-4,7H,13H2;4-7,11H,3H2,1-2H3/b;5-4-,8-7+/t7-;/m1./s1. The molecule has 0 aliphatic carbocycles. The summed E-state index contributed by atoms with van der Waals surface area (Å²) in [7, 11) is 1.95. The Kier molecular flexibility index (Phi) is 10.5. The summed E-state index contributed by atoms with van der Waals surface area (Å²) in [4.78, 5) is 12.7.